The van der Waals surface area contributed by atoms with Crippen molar-refractivity contribution >= 4 is 27.5 Å². The van der Waals surface area contributed by atoms with Crippen molar-refractivity contribution < 1.29 is 4.74 Å². The highest BCUT2D eigenvalue weighted by atomic mass is 79.9. The Kier molecular flexibility index (Phi) is 3.64. The molecule has 0 N–H and O–H groups in total. The maximum absolute atomic E-state index is 9.24. The molecule has 100 valence electrons. The Morgan fingerprint density at radius 1 is 1.30 bits per heavy atom. The van der Waals surface area contributed by atoms with Crippen molar-refractivity contribution in [2.75, 3.05) is 0 Å². The summed E-state index contributed by atoms with van der Waals surface area (Å²) in [6.45, 7) is 0. The van der Waals surface area contributed by atoms with Crippen LogP contribution in [0.3, 0.4) is 0 Å². The third kappa shape index (κ3) is 2.52. The first-order valence-electron chi connectivity index (χ1n) is 6.23. The van der Waals surface area contributed by atoms with Crippen LogP contribution in [0, 0.1) is 11.3 Å². The maximum atomic E-state index is 9.24. The summed E-state index contributed by atoms with van der Waals surface area (Å²) in [5.74, 6) is 0.951. The zero-order chi connectivity index (χ0) is 14.1. The van der Waals surface area contributed by atoms with E-state index in [0.717, 1.165) is 35.0 Å². The number of aromatic nitrogens is 1. The van der Waals surface area contributed by atoms with Crippen molar-refractivity contribution in [2.24, 2.45) is 0 Å². The van der Waals surface area contributed by atoms with E-state index >= 15 is 0 Å². The van der Waals surface area contributed by atoms with Crippen LogP contribution in [0.5, 0.6) is 11.6 Å². The van der Waals surface area contributed by atoms with E-state index in [0.29, 0.717) is 22.2 Å². The van der Waals surface area contributed by atoms with E-state index in [-0.39, 0.29) is 0 Å². The second-order valence-corrected chi connectivity index (χ2v) is 5.88. The number of fused-ring (bicyclic) bond motifs is 1. The van der Waals surface area contributed by atoms with E-state index in [9.17, 15) is 5.26 Å². The van der Waals surface area contributed by atoms with Gasteiger partial charge in [-0.3, -0.25) is 0 Å². The second-order valence-electron chi connectivity index (χ2n) is 4.59. The van der Waals surface area contributed by atoms with Crippen LogP contribution in [0.15, 0.2) is 28.7 Å². The summed E-state index contributed by atoms with van der Waals surface area (Å²) in [5, 5.41) is 9.86. The highest BCUT2D eigenvalue weighted by Gasteiger charge is 2.18. The van der Waals surface area contributed by atoms with Gasteiger partial charge >= 0.3 is 0 Å². The number of halogens is 2. The Morgan fingerprint density at radius 3 is 2.90 bits per heavy atom. The zero-order valence-electron chi connectivity index (χ0n) is 10.5. The van der Waals surface area contributed by atoms with Gasteiger partial charge in [0.2, 0.25) is 5.88 Å². The van der Waals surface area contributed by atoms with Crippen LogP contribution in [0.25, 0.3) is 0 Å². The first-order valence-corrected chi connectivity index (χ1v) is 7.40. The summed E-state index contributed by atoms with van der Waals surface area (Å²) in [5.41, 5.74) is 2.65. The van der Waals surface area contributed by atoms with Gasteiger partial charge in [0, 0.05) is 10.7 Å². The number of nitrogens with zero attached hydrogens (tertiary/aromatic N) is 2. The smallest absolute Gasteiger partial charge is 0.237 e. The third-order valence-electron chi connectivity index (χ3n) is 3.24. The summed E-state index contributed by atoms with van der Waals surface area (Å²) in [7, 11) is 0. The van der Waals surface area contributed by atoms with Gasteiger partial charge in [0.05, 0.1) is 4.47 Å². The van der Waals surface area contributed by atoms with Crippen molar-refractivity contribution in [1.82, 2.24) is 4.98 Å². The fourth-order valence-electron chi connectivity index (χ4n) is 2.27. The lowest BCUT2D eigenvalue weighted by Crippen LogP contribution is -1.97. The van der Waals surface area contributed by atoms with Crippen molar-refractivity contribution in [2.45, 2.75) is 19.3 Å². The molecule has 5 heteroatoms. The van der Waals surface area contributed by atoms with Crippen molar-refractivity contribution in [1.29, 1.82) is 5.26 Å². The van der Waals surface area contributed by atoms with Crippen molar-refractivity contribution in [3.05, 3.63) is 50.6 Å². The number of hydrogen-bond acceptors (Lipinski definition) is 3. The number of ether oxygens (including phenoxy) is 1. The van der Waals surface area contributed by atoms with Gasteiger partial charge in [0.25, 0.3) is 0 Å². The van der Waals surface area contributed by atoms with Crippen LogP contribution in [0.2, 0.25) is 5.02 Å². The van der Waals surface area contributed by atoms with Gasteiger partial charge in [-0.05, 0) is 65.0 Å². The predicted molar refractivity (Wildman–Crippen MR) is 80.2 cm³/mol. The summed E-state index contributed by atoms with van der Waals surface area (Å²) in [4.78, 5) is 4.48. The van der Waals surface area contributed by atoms with Gasteiger partial charge < -0.3 is 4.74 Å². The molecular formula is C15H10BrClN2O. The molecule has 0 aliphatic heterocycles. The maximum Gasteiger partial charge on any atom is 0.237 e. The Hall–Kier alpha value is -1.57. The molecule has 0 atom stereocenters. The van der Waals surface area contributed by atoms with Gasteiger partial charge in [0.1, 0.15) is 17.4 Å². The lowest BCUT2D eigenvalue weighted by atomic mass is 10.1. The Bertz CT molecular complexity index is 725. The van der Waals surface area contributed by atoms with Crippen LogP contribution in [0.4, 0.5) is 0 Å². The van der Waals surface area contributed by atoms with E-state index in [4.69, 9.17) is 16.3 Å². The largest absolute Gasteiger partial charge is 0.436 e. The Labute approximate surface area is 130 Å². The Morgan fingerprint density at radius 2 is 2.15 bits per heavy atom. The predicted octanol–water partition coefficient (Wildman–Crippen LogP) is 4.65. The molecule has 0 amide bonds. The van der Waals surface area contributed by atoms with Crippen LogP contribution in [0.1, 0.15) is 23.2 Å². The molecule has 1 aromatic carbocycles. The molecule has 0 bridgehead atoms. The SMILES string of the molecule is N#Cc1cc2c(nc1Oc1ccc(Cl)cc1Br)CCC2. The van der Waals surface area contributed by atoms with E-state index in [2.05, 4.69) is 27.0 Å². The Balaban J connectivity index is 2.00. The molecule has 0 saturated carbocycles. The molecule has 0 saturated heterocycles. The van der Waals surface area contributed by atoms with Gasteiger partial charge in [-0.25, -0.2) is 4.98 Å². The molecule has 1 heterocycles. The molecule has 0 unspecified atom stereocenters. The first-order chi connectivity index (χ1) is 9.67. The number of hydrogen-bond donors (Lipinski definition) is 0. The molecule has 1 aliphatic carbocycles. The van der Waals surface area contributed by atoms with E-state index < -0.39 is 0 Å². The highest BCUT2D eigenvalue weighted by Crippen LogP contribution is 2.34. The lowest BCUT2D eigenvalue weighted by molar-refractivity contribution is 0.456. The topological polar surface area (TPSA) is 45.9 Å². The molecule has 3 rings (SSSR count). The molecular weight excluding hydrogens is 340 g/mol. The van der Waals surface area contributed by atoms with E-state index in [1.54, 1.807) is 18.2 Å². The molecule has 0 radical (unpaired) electrons. The van der Waals surface area contributed by atoms with Crippen molar-refractivity contribution in [3.63, 3.8) is 0 Å². The minimum atomic E-state index is 0.358. The molecule has 1 aliphatic rings. The molecule has 0 fully saturated rings. The van der Waals surface area contributed by atoms with Gasteiger partial charge in [-0.1, -0.05) is 11.6 Å². The summed E-state index contributed by atoms with van der Waals surface area (Å²) >= 11 is 9.30. The molecule has 20 heavy (non-hydrogen) atoms. The first kappa shape index (κ1) is 13.4. The average molecular weight is 350 g/mol. The molecule has 2 aromatic rings. The highest BCUT2D eigenvalue weighted by molar-refractivity contribution is 9.10. The fraction of sp³-hybridized carbons (Fsp3) is 0.200. The van der Waals surface area contributed by atoms with Crippen molar-refractivity contribution in [3.8, 4) is 17.7 Å². The van der Waals surface area contributed by atoms with Crippen LogP contribution in [-0.2, 0) is 12.8 Å². The molecule has 0 spiro atoms. The standard InChI is InChI=1S/C15H10BrClN2O/c16-12-7-11(17)4-5-14(12)20-15-10(8-18)6-9-2-1-3-13(9)19-15/h4-7H,1-3H2. The minimum Gasteiger partial charge on any atom is -0.436 e. The summed E-state index contributed by atoms with van der Waals surface area (Å²) < 4.78 is 6.50. The third-order valence-corrected chi connectivity index (χ3v) is 4.09. The zero-order valence-corrected chi connectivity index (χ0v) is 12.8. The number of aryl methyl sites for hydroxylation is 2. The van der Waals surface area contributed by atoms with Crippen LogP contribution >= 0.6 is 27.5 Å². The van der Waals surface area contributed by atoms with Crippen LogP contribution < -0.4 is 4.74 Å². The van der Waals surface area contributed by atoms with E-state index in [1.807, 2.05) is 6.07 Å². The average Bonchev–Trinajstić information content (AvgIpc) is 2.88. The number of benzene rings is 1. The second kappa shape index (κ2) is 5.43. The summed E-state index contributed by atoms with van der Waals surface area (Å²) in [6.07, 6.45) is 3.02. The quantitative estimate of drug-likeness (QED) is 0.793. The number of pyridine rings is 1. The molecule has 3 nitrogen and oxygen atoms in total. The normalized spacial score (nSPS) is 12.8. The van der Waals surface area contributed by atoms with Gasteiger partial charge in [-0.2, -0.15) is 5.26 Å². The number of nitriles is 1. The van der Waals surface area contributed by atoms with Gasteiger partial charge in [0.15, 0.2) is 0 Å². The van der Waals surface area contributed by atoms with Gasteiger partial charge in [-0.15, -0.1) is 0 Å². The number of rotatable bonds is 2. The summed E-state index contributed by atoms with van der Waals surface area (Å²) in [6, 6.07) is 9.27. The fourth-order valence-corrected chi connectivity index (χ4v) is 3.04. The lowest BCUT2D eigenvalue weighted by Gasteiger charge is -2.10. The van der Waals surface area contributed by atoms with Crippen LogP contribution in [-0.4, -0.2) is 4.98 Å². The minimum absolute atomic E-state index is 0.358. The molecule has 1 aromatic heterocycles. The monoisotopic (exact) mass is 348 g/mol. The van der Waals surface area contributed by atoms with E-state index in [1.165, 1.54) is 0 Å².